The zero-order chi connectivity index (χ0) is 46.3. The van der Waals surface area contributed by atoms with Gasteiger partial charge in [-0.25, -0.2) is 33.9 Å². The number of fused-ring (bicyclic) bond motifs is 1. The minimum absolute atomic E-state index is 0.375. The molecule has 16 heteroatoms. The number of hydrogen-bond acceptors (Lipinski definition) is 16. The number of aliphatic hydroxyl groups excluding tert-OH is 1. The van der Waals surface area contributed by atoms with Gasteiger partial charge in [-0.2, -0.15) is 0 Å². The lowest BCUT2D eigenvalue weighted by atomic mass is 9.90. The highest BCUT2D eigenvalue weighted by molar-refractivity contribution is 5.87. The maximum absolute atomic E-state index is 11.7. The Hall–Kier alpha value is -7.43. The second-order valence-corrected chi connectivity index (χ2v) is 13.6. The lowest BCUT2D eigenvalue weighted by Crippen LogP contribution is -2.46. The topological polar surface area (TPSA) is 205 Å². The number of hydrogen-bond donors (Lipinski definition) is 1. The first-order valence-electron chi connectivity index (χ1n) is 19.0. The zero-order valence-electron chi connectivity index (χ0n) is 35.2. The second-order valence-electron chi connectivity index (χ2n) is 13.6. The summed E-state index contributed by atoms with van der Waals surface area (Å²) in [6, 6.07) is 23.7. The predicted octanol–water partition coefficient (Wildman–Crippen LogP) is 5.60. The van der Waals surface area contributed by atoms with E-state index in [0.29, 0.717) is 0 Å². The van der Waals surface area contributed by atoms with Crippen LogP contribution in [0.2, 0.25) is 0 Å². The van der Waals surface area contributed by atoms with Gasteiger partial charge in [0.25, 0.3) is 0 Å². The Morgan fingerprint density at radius 3 is 1.08 bits per heavy atom. The van der Waals surface area contributed by atoms with E-state index in [9.17, 15) is 29.1 Å². The van der Waals surface area contributed by atoms with Gasteiger partial charge < -0.3 is 43.0 Å². The zero-order valence-corrected chi connectivity index (χ0v) is 35.2. The third-order valence-electron chi connectivity index (χ3n) is 8.89. The third-order valence-corrected chi connectivity index (χ3v) is 8.89. The van der Waals surface area contributed by atoms with Gasteiger partial charge in [0.05, 0.1) is 67.3 Å². The molecule has 0 saturated heterocycles. The normalized spacial score (nSPS) is 10.7. The first-order valence-corrected chi connectivity index (χ1v) is 19.0. The first kappa shape index (κ1) is 49.9. The fourth-order valence-corrected chi connectivity index (χ4v) is 5.31. The van der Waals surface area contributed by atoms with E-state index in [1.807, 2.05) is 72.8 Å². The van der Waals surface area contributed by atoms with Gasteiger partial charge in [-0.15, -0.1) is 0 Å². The summed E-state index contributed by atoms with van der Waals surface area (Å²) in [5, 5.41) is 10.0. The van der Waals surface area contributed by atoms with E-state index in [1.54, 1.807) is 14.2 Å². The Morgan fingerprint density at radius 1 is 0.492 bits per heavy atom. The van der Waals surface area contributed by atoms with Crippen LogP contribution in [0.25, 0.3) is 33.5 Å². The quantitative estimate of drug-likeness (QED) is 0.0517. The highest BCUT2D eigenvalue weighted by Crippen LogP contribution is 2.33. The molecule has 0 aliphatic carbocycles. The van der Waals surface area contributed by atoms with E-state index in [2.05, 4.69) is 32.9 Å². The van der Waals surface area contributed by atoms with Gasteiger partial charge in [-0.3, -0.25) is 0 Å². The number of carbonyl (C=O) groups is 5. The van der Waals surface area contributed by atoms with Crippen molar-refractivity contribution in [2.45, 2.75) is 0 Å². The largest absolute Gasteiger partial charge is 0.497 e. The third kappa shape index (κ3) is 15.5. The van der Waals surface area contributed by atoms with Crippen molar-refractivity contribution in [3.63, 3.8) is 0 Å². The van der Waals surface area contributed by atoms with Crippen LogP contribution in [0, 0.1) is 10.8 Å². The summed E-state index contributed by atoms with van der Waals surface area (Å²) in [4.78, 5) is 68.0. The Morgan fingerprint density at radius 2 is 0.794 bits per heavy atom. The Kier molecular flexibility index (Phi) is 20.1. The molecular weight excluding hydrogens is 817 g/mol. The summed E-state index contributed by atoms with van der Waals surface area (Å²) in [6.45, 7) is 12.8. The summed E-state index contributed by atoms with van der Waals surface area (Å²) in [6.07, 6.45) is 4.50. The number of methoxy groups -OCH3 is 2. The molecule has 1 heterocycles. The molecule has 1 N–H and O–H groups in total. The van der Waals surface area contributed by atoms with Crippen LogP contribution in [0.1, 0.15) is 0 Å². The molecule has 0 atom stereocenters. The predicted molar refractivity (Wildman–Crippen MR) is 232 cm³/mol. The van der Waals surface area contributed by atoms with Gasteiger partial charge in [-0.05, 0) is 60.7 Å². The molecule has 0 bridgehead atoms. The van der Waals surface area contributed by atoms with Crippen LogP contribution in [0.3, 0.4) is 0 Å². The summed E-state index contributed by atoms with van der Waals surface area (Å²) >= 11 is 0. The number of carbonyl (C=O) groups excluding carboxylic acids is 5. The molecule has 0 amide bonds. The van der Waals surface area contributed by atoms with Crippen LogP contribution in [-0.4, -0.2) is 112 Å². The van der Waals surface area contributed by atoms with Crippen LogP contribution in [0.15, 0.2) is 136 Å². The van der Waals surface area contributed by atoms with Gasteiger partial charge >= 0.3 is 29.8 Å². The van der Waals surface area contributed by atoms with Crippen molar-refractivity contribution < 1.29 is 67.0 Å². The van der Waals surface area contributed by atoms with Crippen molar-refractivity contribution in [1.82, 2.24) is 9.97 Å². The number of rotatable bonds is 24. The molecule has 4 aromatic rings. The van der Waals surface area contributed by atoms with Crippen LogP contribution in [0.5, 0.6) is 11.5 Å². The number of nitrogens with zero attached hydrogens (tertiary/aromatic N) is 2. The molecule has 0 aliphatic heterocycles. The maximum atomic E-state index is 11.7. The number of benzene rings is 3. The monoisotopic (exact) mass is 866 g/mol. The van der Waals surface area contributed by atoms with Gasteiger partial charge in [0.2, 0.25) is 0 Å². The van der Waals surface area contributed by atoms with Crippen molar-refractivity contribution in [3.8, 4) is 34.0 Å². The molecule has 0 radical (unpaired) electrons. The van der Waals surface area contributed by atoms with Crippen molar-refractivity contribution in [3.05, 3.63) is 136 Å². The maximum Gasteiger partial charge on any atom is 0.330 e. The Bertz CT molecular complexity index is 2070. The highest BCUT2D eigenvalue weighted by atomic mass is 16.6. The number of aliphatic hydroxyl groups is 1. The molecule has 16 nitrogen and oxygen atoms in total. The van der Waals surface area contributed by atoms with Gasteiger partial charge in [-0.1, -0.05) is 45.0 Å². The summed E-state index contributed by atoms with van der Waals surface area (Å²) in [5.74, 6) is -2.41. The molecule has 1 aromatic heterocycles. The van der Waals surface area contributed by atoms with E-state index in [1.165, 1.54) is 0 Å². The summed E-state index contributed by atoms with van der Waals surface area (Å²) in [5.41, 5.74) is 2.55. The van der Waals surface area contributed by atoms with Crippen LogP contribution >= 0.6 is 0 Å². The van der Waals surface area contributed by atoms with E-state index < -0.39 is 80.3 Å². The highest BCUT2D eigenvalue weighted by Gasteiger charge is 2.39. The van der Waals surface area contributed by atoms with Gasteiger partial charge in [0, 0.05) is 41.5 Å². The number of ether oxygens (including phenoxy) is 8. The molecule has 0 aliphatic rings. The summed E-state index contributed by atoms with van der Waals surface area (Å²) in [7, 11) is 3.32. The molecule has 3 aromatic carbocycles. The molecule has 63 heavy (non-hydrogen) atoms. The lowest BCUT2D eigenvalue weighted by molar-refractivity contribution is -0.166. The van der Waals surface area contributed by atoms with Gasteiger partial charge in [0.1, 0.15) is 44.5 Å². The summed E-state index contributed by atoms with van der Waals surface area (Å²) < 4.78 is 41.6. The average molecular weight is 867 g/mol. The fourth-order valence-electron chi connectivity index (χ4n) is 5.31. The van der Waals surface area contributed by atoms with E-state index in [4.69, 9.17) is 47.9 Å². The van der Waals surface area contributed by atoms with Crippen molar-refractivity contribution in [1.29, 1.82) is 0 Å². The van der Waals surface area contributed by atoms with Crippen LogP contribution in [-0.2, 0) is 52.4 Å². The van der Waals surface area contributed by atoms with Gasteiger partial charge in [0.15, 0.2) is 0 Å². The molecule has 0 saturated carbocycles. The molecule has 0 unspecified atom stereocenters. The van der Waals surface area contributed by atoms with Crippen molar-refractivity contribution in [2.75, 3.05) is 67.1 Å². The average Bonchev–Trinajstić information content (AvgIpc) is 3.34. The number of aromatic nitrogens is 2. The van der Waals surface area contributed by atoms with Crippen molar-refractivity contribution in [2.24, 2.45) is 10.8 Å². The Balaban J connectivity index is 0.000000352. The van der Waals surface area contributed by atoms with Crippen LogP contribution < -0.4 is 9.47 Å². The molecule has 0 spiro atoms. The SMILES string of the molecule is C=CC(=O)OCC(CO)(COCC(COC(=O)C=C)(COC(=O)C=C)COC(=O)C=C)COC(=O)C=C.COc1ccc(-c2nc3ccccc3nc2-c2ccc(OC)cc2)cc1. The minimum Gasteiger partial charge on any atom is -0.497 e. The number of para-hydroxylation sites is 2. The standard InChI is InChI=1S/C25H32O12.C22H18N2O2/c1-6-19(27)33-14-24(11-26,15-34-20(28)7-2)12-32-13-25(16-35-21(29)8-3,17-36-22(30)9-4)18-37-23(31)10-5;1-25-17-11-7-15(8-12-17)21-22(16-9-13-18(26-2)14-10-16)24-20-6-4-3-5-19(20)23-21/h6-10,26H,1-5,11-18H2;3-14H,1-2H3. The molecule has 0 fully saturated rings. The van der Waals surface area contributed by atoms with E-state index >= 15 is 0 Å². The fraction of sp³-hybridized carbons (Fsp3) is 0.255. The smallest absolute Gasteiger partial charge is 0.330 e. The van der Waals surface area contributed by atoms with E-state index in [0.717, 1.165) is 75.4 Å². The van der Waals surface area contributed by atoms with Crippen molar-refractivity contribution >= 4 is 40.9 Å². The first-order chi connectivity index (χ1) is 30.3. The number of esters is 5. The lowest BCUT2D eigenvalue weighted by Gasteiger charge is -2.34. The molecule has 332 valence electrons. The van der Waals surface area contributed by atoms with Crippen LogP contribution in [0.4, 0.5) is 0 Å². The molecular formula is C47H50N2O14. The Labute approximate surface area is 365 Å². The van der Waals surface area contributed by atoms with E-state index in [-0.39, 0.29) is 13.2 Å². The minimum atomic E-state index is -1.44. The second kappa shape index (κ2) is 25.4. The molecule has 4 rings (SSSR count).